The van der Waals surface area contributed by atoms with Crippen molar-refractivity contribution in [3.05, 3.63) is 65.9 Å². The van der Waals surface area contributed by atoms with E-state index in [1.54, 1.807) is 10.7 Å². The molecule has 0 saturated carbocycles. The van der Waals surface area contributed by atoms with Gasteiger partial charge in [0.25, 0.3) is 5.91 Å². The van der Waals surface area contributed by atoms with Crippen molar-refractivity contribution in [2.24, 2.45) is 0 Å². The number of carbonyl (C=O) groups is 1. The Kier molecular flexibility index (Phi) is 6.16. The Labute approximate surface area is 200 Å². The third-order valence-electron chi connectivity index (χ3n) is 6.72. The van der Waals surface area contributed by atoms with Gasteiger partial charge in [-0.3, -0.25) is 9.48 Å². The van der Waals surface area contributed by atoms with Crippen molar-refractivity contribution in [1.29, 1.82) is 0 Å². The first-order valence-corrected chi connectivity index (χ1v) is 13.7. The molecule has 7 nitrogen and oxygen atoms in total. The van der Waals surface area contributed by atoms with Crippen LogP contribution in [0.15, 0.2) is 54.6 Å². The smallest absolute Gasteiger partial charge is 0.276 e. The molecule has 1 N–H and O–H groups in total. The number of hydrogen-bond donors (Lipinski definition) is 1. The van der Waals surface area contributed by atoms with Gasteiger partial charge in [0.15, 0.2) is 15.5 Å². The summed E-state index contributed by atoms with van der Waals surface area (Å²) < 4.78 is 25.9. The quantitative estimate of drug-likeness (QED) is 0.585. The molecule has 0 bridgehead atoms. The lowest BCUT2D eigenvalue weighted by molar-refractivity contribution is 0.102. The summed E-state index contributed by atoms with van der Waals surface area (Å²) in [5.74, 6) is -0.110. The number of sulfone groups is 1. The van der Waals surface area contributed by atoms with E-state index in [2.05, 4.69) is 15.3 Å². The molecule has 8 heteroatoms. The minimum Gasteiger partial charge on any atom is -0.372 e. The fourth-order valence-corrected chi connectivity index (χ4v) is 6.49. The zero-order valence-corrected chi connectivity index (χ0v) is 20.2. The van der Waals surface area contributed by atoms with Gasteiger partial charge >= 0.3 is 0 Å². The van der Waals surface area contributed by atoms with Crippen LogP contribution in [0.1, 0.15) is 47.8 Å². The second-order valence-electron chi connectivity index (χ2n) is 9.33. The van der Waals surface area contributed by atoms with Crippen molar-refractivity contribution in [2.75, 3.05) is 34.8 Å². The number of rotatable bonds is 5. The number of anilines is 2. The number of piperidine rings is 1. The van der Waals surface area contributed by atoms with Gasteiger partial charge in [0.05, 0.1) is 23.2 Å². The molecule has 178 valence electrons. The zero-order valence-electron chi connectivity index (χ0n) is 19.4. The summed E-state index contributed by atoms with van der Waals surface area (Å²) in [5.41, 5.74) is 4.95. The SMILES string of the molecule is Cc1ccc(-c2cc(C(=O)Nc3ccc(N4CCCCC4)cc3)nn2[C@@H]2CCS(=O)(=O)C2)cc1. The van der Waals surface area contributed by atoms with Crippen LogP contribution in [0.4, 0.5) is 11.4 Å². The van der Waals surface area contributed by atoms with Crippen LogP contribution in [-0.4, -0.2) is 48.7 Å². The summed E-state index contributed by atoms with van der Waals surface area (Å²) in [7, 11) is -3.09. The molecule has 34 heavy (non-hydrogen) atoms. The van der Waals surface area contributed by atoms with Crippen molar-refractivity contribution in [1.82, 2.24) is 9.78 Å². The molecule has 3 heterocycles. The van der Waals surface area contributed by atoms with Crippen LogP contribution in [0, 0.1) is 6.92 Å². The van der Waals surface area contributed by atoms with Crippen LogP contribution in [0.5, 0.6) is 0 Å². The minimum absolute atomic E-state index is 0.0482. The molecule has 1 aromatic heterocycles. The van der Waals surface area contributed by atoms with Crippen LogP contribution in [0.25, 0.3) is 11.3 Å². The zero-order chi connectivity index (χ0) is 23.7. The Bertz CT molecular complexity index is 1270. The first kappa shape index (κ1) is 22.7. The lowest BCUT2D eigenvalue weighted by atomic mass is 10.1. The van der Waals surface area contributed by atoms with E-state index in [-0.39, 0.29) is 29.1 Å². The molecule has 2 aromatic carbocycles. The van der Waals surface area contributed by atoms with Gasteiger partial charge in [0.1, 0.15) is 0 Å². The maximum Gasteiger partial charge on any atom is 0.276 e. The predicted molar refractivity (Wildman–Crippen MR) is 135 cm³/mol. The van der Waals surface area contributed by atoms with Gasteiger partial charge in [-0.2, -0.15) is 5.10 Å². The fourth-order valence-electron chi connectivity index (χ4n) is 4.79. The monoisotopic (exact) mass is 478 g/mol. The second-order valence-corrected chi connectivity index (χ2v) is 11.6. The predicted octanol–water partition coefficient (Wildman–Crippen LogP) is 4.46. The Hall–Kier alpha value is -3.13. The molecule has 2 fully saturated rings. The van der Waals surface area contributed by atoms with Crippen molar-refractivity contribution < 1.29 is 13.2 Å². The van der Waals surface area contributed by atoms with Crippen LogP contribution < -0.4 is 10.2 Å². The molecule has 1 amide bonds. The summed E-state index contributed by atoms with van der Waals surface area (Å²) >= 11 is 0. The molecule has 2 saturated heterocycles. The second kappa shape index (κ2) is 9.25. The maximum atomic E-state index is 13.1. The third-order valence-corrected chi connectivity index (χ3v) is 8.47. The number of amides is 1. The number of aryl methyl sites for hydroxylation is 1. The third kappa shape index (κ3) is 4.87. The van der Waals surface area contributed by atoms with Crippen molar-refractivity contribution in [2.45, 2.75) is 38.6 Å². The first-order valence-electron chi connectivity index (χ1n) is 11.9. The summed E-state index contributed by atoms with van der Waals surface area (Å²) in [6, 6.07) is 17.4. The average molecular weight is 479 g/mol. The van der Waals surface area contributed by atoms with E-state index in [1.807, 2.05) is 55.5 Å². The van der Waals surface area contributed by atoms with Gasteiger partial charge in [0.2, 0.25) is 0 Å². The number of nitrogens with zero attached hydrogens (tertiary/aromatic N) is 3. The normalized spacial score (nSPS) is 19.8. The minimum atomic E-state index is -3.09. The van der Waals surface area contributed by atoms with Gasteiger partial charge in [0, 0.05) is 24.5 Å². The number of nitrogens with one attached hydrogen (secondary N) is 1. The lowest BCUT2D eigenvalue weighted by Crippen LogP contribution is -2.29. The number of carbonyl (C=O) groups excluding carboxylic acids is 1. The van der Waals surface area contributed by atoms with Crippen LogP contribution in [0.3, 0.4) is 0 Å². The van der Waals surface area contributed by atoms with Gasteiger partial charge in [-0.05, 0) is 68.5 Å². The summed E-state index contributed by atoms with van der Waals surface area (Å²) in [6.45, 7) is 4.16. The summed E-state index contributed by atoms with van der Waals surface area (Å²) in [6.07, 6.45) is 4.22. The van der Waals surface area contributed by atoms with Crippen molar-refractivity contribution >= 4 is 27.1 Å². The molecule has 1 atom stereocenters. The maximum absolute atomic E-state index is 13.1. The molecular weight excluding hydrogens is 448 g/mol. The molecular formula is C26H30N4O3S. The molecule has 2 aliphatic heterocycles. The van der Waals surface area contributed by atoms with Gasteiger partial charge in [-0.25, -0.2) is 8.42 Å². The Morgan fingerprint density at radius 1 is 1.00 bits per heavy atom. The number of benzene rings is 2. The van der Waals surface area contributed by atoms with E-state index in [0.717, 1.165) is 29.9 Å². The average Bonchev–Trinajstić information content (AvgIpc) is 3.44. The highest BCUT2D eigenvalue weighted by Crippen LogP contribution is 2.30. The Balaban J connectivity index is 1.39. The fraction of sp³-hybridized carbons (Fsp3) is 0.385. The Morgan fingerprint density at radius 3 is 2.35 bits per heavy atom. The van der Waals surface area contributed by atoms with Crippen LogP contribution in [0.2, 0.25) is 0 Å². The van der Waals surface area contributed by atoms with Crippen molar-refractivity contribution in [3.8, 4) is 11.3 Å². The van der Waals surface area contributed by atoms with E-state index >= 15 is 0 Å². The van der Waals surface area contributed by atoms with Gasteiger partial charge in [-0.1, -0.05) is 29.8 Å². The van der Waals surface area contributed by atoms with E-state index in [0.29, 0.717) is 12.1 Å². The summed E-state index contributed by atoms with van der Waals surface area (Å²) in [5, 5.41) is 7.52. The molecule has 0 aliphatic carbocycles. The number of aromatic nitrogens is 2. The lowest BCUT2D eigenvalue weighted by Gasteiger charge is -2.28. The molecule has 0 unspecified atom stereocenters. The highest BCUT2D eigenvalue weighted by atomic mass is 32.2. The van der Waals surface area contributed by atoms with Crippen LogP contribution >= 0.6 is 0 Å². The van der Waals surface area contributed by atoms with Gasteiger partial charge in [-0.15, -0.1) is 0 Å². The highest BCUT2D eigenvalue weighted by Gasteiger charge is 2.32. The van der Waals surface area contributed by atoms with Crippen LogP contribution in [-0.2, 0) is 9.84 Å². The van der Waals surface area contributed by atoms with E-state index < -0.39 is 9.84 Å². The molecule has 5 rings (SSSR count). The topological polar surface area (TPSA) is 84.3 Å². The van der Waals surface area contributed by atoms with E-state index in [9.17, 15) is 13.2 Å². The van der Waals surface area contributed by atoms with E-state index in [4.69, 9.17) is 0 Å². The number of hydrogen-bond acceptors (Lipinski definition) is 5. The van der Waals surface area contributed by atoms with E-state index in [1.165, 1.54) is 24.9 Å². The molecule has 0 radical (unpaired) electrons. The Morgan fingerprint density at radius 2 is 1.71 bits per heavy atom. The molecule has 3 aromatic rings. The summed E-state index contributed by atoms with van der Waals surface area (Å²) in [4.78, 5) is 15.5. The van der Waals surface area contributed by atoms with Crippen molar-refractivity contribution in [3.63, 3.8) is 0 Å². The largest absolute Gasteiger partial charge is 0.372 e. The molecule has 0 spiro atoms. The van der Waals surface area contributed by atoms with Gasteiger partial charge < -0.3 is 10.2 Å². The standard InChI is InChI=1S/C26H30N4O3S/c1-19-5-7-20(8-6-19)25-17-24(28-30(25)23-13-16-34(32,33)18-23)26(31)27-21-9-11-22(12-10-21)29-14-3-2-4-15-29/h5-12,17,23H,2-4,13-16,18H2,1H3,(H,27,31)/t23-/m1/s1. The first-order chi connectivity index (χ1) is 16.4. The molecule has 2 aliphatic rings. The highest BCUT2D eigenvalue weighted by molar-refractivity contribution is 7.91.